The number of fused-ring (bicyclic) bond motifs is 1. The van der Waals surface area contributed by atoms with Crippen molar-refractivity contribution in [1.29, 1.82) is 0 Å². The largest absolute Gasteiger partial charge is 0.463 e. The number of nitrogens with one attached hydrogen (secondary N) is 2. The van der Waals surface area contributed by atoms with Gasteiger partial charge in [-0.15, -0.1) is 0 Å². The van der Waals surface area contributed by atoms with Crippen LogP contribution in [0, 0.1) is 0 Å². The van der Waals surface area contributed by atoms with E-state index >= 15 is 0 Å². The fourth-order valence-electron chi connectivity index (χ4n) is 2.13. The molecule has 4 rings (SSSR count). The molecule has 6 nitrogen and oxygen atoms in total. The molecule has 3 aromatic rings. The summed E-state index contributed by atoms with van der Waals surface area (Å²) in [5, 5.41) is 2.62. The van der Waals surface area contributed by atoms with E-state index < -0.39 is 0 Å². The van der Waals surface area contributed by atoms with Gasteiger partial charge in [-0.3, -0.25) is 10.1 Å². The molecule has 1 amide bonds. The van der Waals surface area contributed by atoms with E-state index in [-0.39, 0.29) is 11.9 Å². The van der Waals surface area contributed by atoms with Crippen molar-refractivity contribution in [1.82, 2.24) is 9.71 Å². The lowest BCUT2D eigenvalue weighted by Crippen LogP contribution is -2.23. The molecule has 0 saturated heterocycles. The molecule has 1 aliphatic rings. The summed E-state index contributed by atoms with van der Waals surface area (Å²) >= 11 is 1.39. The lowest BCUT2D eigenvalue weighted by Gasteiger charge is -2.16. The fourth-order valence-corrected chi connectivity index (χ4v) is 2.90. The van der Waals surface area contributed by atoms with Gasteiger partial charge in [0, 0.05) is 4.90 Å². The number of furan rings is 1. The van der Waals surface area contributed by atoms with Crippen LogP contribution in [0.5, 0.6) is 0 Å². The van der Waals surface area contributed by atoms with E-state index in [1.807, 2.05) is 24.3 Å². The van der Waals surface area contributed by atoms with E-state index in [0.29, 0.717) is 17.2 Å². The molecule has 2 aromatic heterocycles. The summed E-state index contributed by atoms with van der Waals surface area (Å²) in [6.45, 7) is 0. The SMILES string of the molecule is O=C(Nc1nc(-c2ccco2)co1)C1=Cc2ccccc2SN1. The first-order valence-electron chi connectivity index (χ1n) is 6.84. The molecule has 7 heteroatoms. The van der Waals surface area contributed by atoms with E-state index in [4.69, 9.17) is 8.83 Å². The minimum absolute atomic E-state index is 0.118. The maximum Gasteiger partial charge on any atom is 0.302 e. The zero-order chi connectivity index (χ0) is 15.6. The first-order valence-corrected chi connectivity index (χ1v) is 7.65. The van der Waals surface area contributed by atoms with Gasteiger partial charge in [-0.25, -0.2) is 0 Å². The predicted molar refractivity (Wildman–Crippen MR) is 86.2 cm³/mol. The first-order chi connectivity index (χ1) is 11.3. The summed E-state index contributed by atoms with van der Waals surface area (Å²) in [6.07, 6.45) is 4.77. The number of hydrogen-bond acceptors (Lipinski definition) is 6. The summed E-state index contributed by atoms with van der Waals surface area (Å²) in [4.78, 5) is 17.5. The van der Waals surface area contributed by atoms with Crippen LogP contribution in [0.4, 0.5) is 6.01 Å². The minimum Gasteiger partial charge on any atom is -0.463 e. The number of benzene rings is 1. The van der Waals surface area contributed by atoms with Crippen LogP contribution >= 0.6 is 11.9 Å². The Bertz CT molecular complexity index is 884. The maximum absolute atomic E-state index is 12.3. The van der Waals surface area contributed by atoms with Crippen LogP contribution in [0.2, 0.25) is 0 Å². The number of aromatic nitrogens is 1. The molecular formula is C16H11N3O3S. The van der Waals surface area contributed by atoms with Crippen LogP contribution in [-0.4, -0.2) is 10.9 Å². The topological polar surface area (TPSA) is 80.3 Å². The van der Waals surface area contributed by atoms with Crippen LogP contribution in [0.25, 0.3) is 17.5 Å². The van der Waals surface area contributed by atoms with Crippen molar-refractivity contribution in [2.75, 3.05) is 5.32 Å². The van der Waals surface area contributed by atoms with Gasteiger partial charge in [-0.2, -0.15) is 4.98 Å². The average Bonchev–Trinajstić information content (AvgIpc) is 3.25. The number of anilines is 1. The second-order valence-corrected chi connectivity index (χ2v) is 5.62. The Kier molecular flexibility index (Phi) is 3.39. The van der Waals surface area contributed by atoms with Gasteiger partial charge in [-0.05, 0) is 41.8 Å². The zero-order valence-electron chi connectivity index (χ0n) is 11.8. The number of carbonyl (C=O) groups excluding carboxylic acids is 1. The van der Waals surface area contributed by atoms with Gasteiger partial charge in [-0.1, -0.05) is 18.2 Å². The fraction of sp³-hybridized carbons (Fsp3) is 0. The van der Waals surface area contributed by atoms with Gasteiger partial charge in [0.15, 0.2) is 5.76 Å². The van der Waals surface area contributed by atoms with Gasteiger partial charge < -0.3 is 13.6 Å². The molecule has 0 bridgehead atoms. The quantitative estimate of drug-likeness (QED) is 0.717. The molecule has 0 spiro atoms. The van der Waals surface area contributed by atoms with Crippen molar-refractivity contribution in [2.45, 2.75) is 4.90 Å². The molecule has 0 saturated carbocycles. The molecule has 2 N–H and O–H groups in total. The molecule has 23 heavy (non-hydrogen) atoms. The second-order valence-electron chi connectivity index (χ2n) is 4.77. The van der Waals surface area contributed by atoms with Gasteiger partial charge in [0.2, 0.25) is 0 Å². The van der Waals surface area contributed by atoms with Gasteiger partial charge in [0.1, 0.15) is 17.7 Å². The molecule has 1 aromatic carbocycles. The van der Waals surface area contributed by atoms with Gasteiger partial charge >= 0.3 is 6.01 Å². The van der Waals surface area contributed by atoms with Crippen molar-refractivity contribution < 1.29 is 13.6 Å². The van der Waals surface area contributed by atoms with Crippen LogP contribution in [-0.2, 0) is 4.79 Å². The monoisotopic (exact) mass is 325 g/mol. The highest BCUT2D eigenvalue weighted by atomic mass is 32.2. The highest BCUT2D eigenvalue weighted by Crippen LogP contribution is 2.28. The zero-order valence-corrected chi connectivity index (χ0v) is 12.6. The highest BCUT2D eigenvalue weighted by Gasteiger charge is 2.18. The molecule has 0 aliphatic carbocycles. The van der Waals surface area contributed by atoms with Crippen LogP contribution < -0.4 is 10.0 Å². The first kappa shape index (κ1) is 13.7. The third-order valence-electron chi connectivity index (χ3n) is 3.23. The van der Waals surface area contributed by atoms with Crippen LogP contribution in [0.15, 0.2) is 68.4 Å². The Morgan fingerprint density at radius 2 is 2.09 bits per heavy atom. The molecule has 3 heterocycles. The summed E-state index contributed by atoms with van der Waals surface area (Å²) in [5.41, 5.74) is 1.95. The number of hydrogen-bond donors (Lipinski definition) is 2. The predicted octanol–water partition coefficient (Wildman–Crippen LogP) is 3.52. The number of oxazole rings is 1. The standard InChI is InChI=1S/C16H11N3O3S/c20-15(11-8-10-4-1-2-6-14(10)23-19-11)18-16-17-12(9-22-16)13-5-3-7-21-13/h1-9,19H,(H,17,18,20). The van der Waals surface area contributed by atoms with E-state index in [1.54, 1.807) is 24.5 Å². The molecule has 0 atom stereocenters. The van der Waals surface area contributed by atoms with Gasteiger partial charge in [0.05, 0.1) is 6.26 Å². The highest BCUT2D eigenvalue weighted by molar-refractivity contribution is 7.97. The Labute approximate surface area is 135 Å². The Morgan fingerprint density at radius 1 is 1.17 bits per heavy atom. The van der Waals surface area contributed by atoms with Crippen LogP contribution in [0.1, 0.15) is 5.56 Å². The van der Waals surface area contributed by atoms with E-state index in [9.17, 15) is 4.79 Å². The number of nitrogens with zero attached hydrogens (tertiary/aromatic N) is 1. The number of rotatable bonds is 3. The number of amides is 1. The molecule has 0 radical (unpaired) electrons. The molecule has 114 valence electrons. The third kappa shape index (κ3) is 2.74. The second kappa shape index (κ2) is 5.69. The third-order valence-corrected chi connectivity index (χ3v) is 4.15. The Balaban J connectivity index is 1.52. The van der Waals surface area contributed by atoms with Crippen molar-refractivity contribution in [3.63, 3.8) is 0 Å². The van der Waals surface area contributed by atoms with Crippen molar-refractivity contribution in [3.8, 4) is 11.5 Å². The molecular weight excluding hydrogens is 314 g/mol. The smallest absolute Gasteiger partial charge is 0.302 e. The summed E-state index contributed by atoms with van der Waals surface area (Å²) in [6, 6.07) is 11.5. The lowest BCUT2D eigenvalue weighted by atomic mass is 10.2. The van der Waals surface area contributed by atoms with Crippen molar-refractivity contribution >= 4 is 29.9 Å². The molecule has 0 unspecified atom stereocenters. The maximum atomic E-state index is 12.3. The van der Waals surface area contributed by atoms with Crippen LogP contribution in [0.3, 0.4) is 0 Å². The Hall–Kier alpha value is -2.93. The Morgan fingerprint density at radius 3 is 2.96 bits per heavy atom. The van der Waals surface area contributed by atoms with E-state index in [0.717, 1.165) is 10.5 Å². The van der Waals surface area contributed by atoms with Crippen molar-refractivity contribution in [2.24, 2.45) is 0 Å². The molecule has 1 aliphatic heterocycles. The molecule has 0 fully saturated rings. The van der Waals surface area contributed by atoms with Crippen molar-refractivity contribution in [3.05, 3.63) is 60.2 Å². The van der Waals surface area contributed by atoms with E-state index in [1.165, 1.54) is 18.2 Å². The summed E-state index contributed by atoms with van der Waals surface area (Å²) < 4.78 is 13.5. The summed E-state index contributed by atoms with van der Waals surface area (Å²) in [7, 11) is 0. The van der Waals surface area contributed by atoms with E-state index in [2.05, 4.69) is 15.0 Å². The average molecular weight is 325 g/mol. The summed E-state index contributed by atoms with van der Waals surface area (Å²) in [5.74, 6) is 0.258. The van der Waals surface area contributed by atoms with Gasteiger partial charge in [0.25, 0.3) is 5.91 Å². The normalized spacial score (nSPS) is 13.0. The number of carbonyl (C=O) groups is 1. The minimum atomic E-state index is -0.320. The lowest BCUT2D eigenvalue weighted by molar-refractivity contribution is -0.113.